The number of hydrogen-bond donors (Lipinski definition) is 1. The predicted molar refractivity (Wildman–Crippen MR) is 128 cm³/mol. The fraction of sp³-hybridized carbons (Fsp3) is 0.333. The molecule has 168 valence electrons. The van der Waals surface area contributed by atoms with Crippen LogP contribution < -0.4 is 14.4 Å². The van der Waals surface area contributed by atoms with Gasteiger partial charge in [0, 0.05) is 17.2 Å². The van der Waals surface area contributed by atoms with E-state index in [0.717, 1.165) is 19.7 Å². The van der Waals surface area contributed by atoms with E-state index >= 15 is 0 Å². The molecule has 0 radical (unpaired) electrons. The maximum atomic E-state index is 13.3. The van der Waals surface area contributed by atoms with Crippen LogP contribution in [0.3, 0.4) is 0 Å². The van der Waals surface area contributed by atoms with Crippen LogP contribution in [0.25, 0.3) is 0 Å². The van der Waals surface area contributed by atoms with Crippen LogP contribution in [-0.4, -0.2) is 58.1 Å². The van der Waals surface area contributed by atoms with E-state index in [1.54, 1.807) is 56.5 Å². The van der Waals surface area contributed by atoms with Crippen LogP contribution in [0.1, 0.15) is 12.5 Å². The highest BCUT2D eigenvalue weighted by Crippen LogP contribution is 2.21. The van der Waals surface area contributed by atoms with Gasteiger partial charge in [-0.05, 0) is 71.5 Å². The standard InChI is InChI=1S/C21H26IN3O5S/c1-15(21(27)23-2)24(13-16-6-5-7-19(12-16)30-3)20(26)14-25(31(4,28)29)18-10-8-17(22)9-11-18/h5-12,15H,13-14H2,1-4H3,(H,23,27)/t15-/m1/s1. The molecule has 0 fully saturated rings. The lowest BCUT2D eigenvalue weighted by Gasteiger charge is -2.31. The Bertz CT molecular complexity index is 1030. The van der Waals surface area contributed by atoms with Gasteiger partial charge in [0.05, 0.1) is 19.1 Å². The molecular formula is C21H26IN3O5S. The van der Waals surface area contributed by atoms with Gasteiger partial charge in [0.15, 0.2) is 0 Å². The Hall–Kier alpha value is -2.34. The van der Waals surface area contributed by atoms with Crippen LogP contribution >= 0.6 is 22.6 Å². The summed E-state index contributed by atoms with van der Waals surface area (Å²) in [6.45, 7) is 1.30. The Balaban J connectivity index is 2.37. The number of amides is 2. The summed E-state index contributed by atoms with van der Waals surface area (Å²) < 4.78 is 32.1. The lowest BCUT2D eigenvalue weighted by atomic mass is 10.1. The van der Waals surface area contributed by atoms with Crippen molar-refractivity contribution in [1.82, 2.24) is 10.2 Å². The van der Waals surface area contributed by atoms with E-state index in [0.29, 0.717) is 11.4 Å². The third-order valence-electron chi connectivity index (χ3n) is 4.69. The number of anilines is 1. The van der Waals surface area contributed by atoms with Gasteiger partial charge in [-0.25, -0.2) is 8.42 Å². The van der Waals surface area contributed by atoms with Crippen molar-refractivity contribution in [3.05, 3.63) is 57.7 Å². The van der Waals surface area contributed by atoms with Crippen molar-refractivity contribution in [3.8, 4) is 5.75 Å². The zero-order valence-electron chi connectivity index (χ0n) is 17.8. The summed E-state index contributed by atoms with van der Waals surface area (Å²) in [5, 5.41) is 2.54. The SMILES string of the molecule is CNC(=O)[C@@H](C)N(Cc1cccc(OC)c1)C(=O)CN(c1ccc(I)cc1)S(C)(=O)=O. The molecule has 0 aromatic heterocycles. The molecule has 0 spiro atoms. The summed E-state index contributed by atoms with van der Waals surface area (Å²) in [5.41, 5.74) is 1.13. The fourth-order valence-corrected chi connectivity index (χ4v) is 4.19. The quantitative estimate of drug-likeness (QED) is 0.476. The molecule has 0 unspecified atom stereocenters. The summed E-state index contributed by atoms with van der Waals surface area (Å²) in [5.74, 6) is -0.228. The number of likely N-dealkylation sites (N-methyl/N-ethyl adjacent to an activating group) is 1. The van der Waals surface area contributed by atoms with Crippen LogP contribution in [0.4, 0.5) is 5.69 Å². The molecule has 0 saturated heterocycles. The molecule has 31 heavy (non-hydrogen) atoms. The van der Waals surface area contributed by atoms with Crippen LogP contribution in [0, 0.1) is 3.57 Å². The third kappa shape index (κ3) is 6.82. The third-order valence-corrected chi connectivity index (χ3v) is 6.55. The van der Waals surface area contributed by atoms with Crippen molar-refractivity contribution in [2.75, 3.05) is 31.3 Å². The largest absolute Gasteiger partial charge is 0.497 e. The second-order valence-corrected chi connectivity index (χ2v) is 10.1. The van der Waals surface area contributed by atoms with E-state index in [2.05, 4.69) is 27.9 Å². The van der Waals surface area contributed by atoms with Crippen molar-refractivity contribution in [2.24, 2.45) is 0 Å². The molecule has 2 aromatic rings. The van der Waals surface area contributed by atoms with E-state index in [1.807, 2.05) is 6.07 Å². The lowest BCUT2D eigenvalue weighted by Crippen LogP contribution is -2.50. The van der Waals surface area contributed by atoms with Crippen molar-refractivity contribution >= 4 is 50.1 Å². The fourth-order valence-electron chi connectivity index (χ4n) is 2.98. The first-order chi connectivity index (χ1) is 14.6. The summed E-state index contributed by atoms with van der Waals surface area (Å²) >= 11 is 2.12. The van der Waals surface area contributed by atoms with Crippen LogP contribution in [0.2, 0.25) is 0 Å². The molecule has 1 atom stereocenters. The van der Waals surface area contributed by atoms with Crippen molar-refractivity contribution in [3.63, 3.8) is 0 Å². The molecule has 1 N–H and O–H groups in total. The molecule has 0 aliphatic carbocycles. The van der Waals surface area contributed by atoms with Gasteiger partial charge >= 0.3 is 0 Å². The highest BCUT2D eigenvalue weighted by Gasteiger charge is 2.29. The minimum absolute atomic E-state index is 0.120. The van der Waals surface area contributed by atoms with Gasteiger partial charge in [-0.3, -0.25) is 13.9 Å². The number of sulfonamides is 1. The second-order valence-electron chi connectivity index (χ2n) is 6.91. The number of nitrogens with zero attached hydrogens (tertiary/aromatic N) is 2. The smallest absolute Gasteiger partial charge is 0.244 e. The maximum Gasteiger partial charge on any atom is 0.244 e. The van der Waals surface area contributed by atoms with Gasteiger partial charge in [0.25, 0.3) is 0 Å². The minimum Gasteiger partial charge on any atom is -0.497 e. The van der Waals surface area contributed by atoms with E-state index in [1.165, 1.54) is 11.9 Å². The molecular weight excluding hydrogens is 533 g/mol. The molecule has 0 aliphatic rings. The lowest BCUT2D eigenvalue weighted by molar-refractivity contribution is -0.139. The number of nitrogens with one attached hydrogen (secondary N) is 1. The summed E-state index contributed by atoms with van der Waals surface area (Å²) in [4.78, 5) is 26.9. The van der Waals surface area contributed by atoms with E-state index < -0.39 is 28.5 Å². The number of carbonyl (C=O) groups excluding carboxylic acids is 2. The van der Waals surface area contributed by atoms with Gasteiger partial charge in [0.2, 0.25) is 21.8 Å². The number of rotatable bonds is 9. The molecule has 2 amide bonds. The number of methoxy groups -OCH3 is 1. The van der Waals surface area contributed by atoms with Crippen molar-refractivity contribution < 1.29 is 22.7 Å². The van der Waals surface area contributed by atoms with Crippen molar-refractivity contribution in [1.29, 1.82) is 0 Å². The van der Waals surface area contributed by atoms with Crippen molar-refractivity contribution in [2.45, 2.75) is 19.5 Å². The molecule has 0 heterocycles. The van der Waals surface area contributed by atoms with Gasteiger partial charge in [0.1, 0.15) is 18.3 Å². The van der Waals surface area contributed by atoms with Crippen LogP contribution in [-0.2, 0) is 26.2 Å². The predicted octanol–water partition coefficient (Wildman–Crippen LogP) is 2.23. The Labute approximate surface area is 196 Å². The molecule has 0 bridgehead atoms. The first-order valence-electron chi connectivity index (χ1n) is 9.44. The summed E-state index contributed by atoms with van der Waals surface area (Å²) in [6.07, 6.45) is 1.05. The van der Waals surface area contributed by atoms with Gasteiger partial charge in [-0.15, -0.1) is 0 Å². The molecule has 8 nitrogen and oxygen atoms in total. The topological polar surface area (TPSA) is 96.0 Å². The maximum absolute atomic E-state index is 13.3. The Morgan fingerprint density at radius 2 is 1.81 bits per heavy atom. The number of ether oxygens (including phenoxy) is 1. The second kappa shape index (κ2) is 10.8. The van der Waals surface area contributed by atoms with E-state index in [9.17, 15) is 18.0 Å². The monoisotopic (exact) mass is 559 g/mol. The number of carbonyl (C=O) groups is 2. The first-order valence-corrected chi connectivity index (χ1v) is 12.4. The van der Waals surface area contributed by atoms with Gasteiger partial charge in [-0.1, -0.05) is 12.1 Å². The Morgan fingerprint density at radius 3 is 2.35 bits per heavy atom. The average molecular weight is 559 g/mol. The molecule has 2 aromatic carbocycles. The number of benzene rings is 2. The molecule has 0 aliphatic heterocycles. The highest BCUT2D eigenvalue weighted by molar-refractivity contribution is 14.1. The Kier molecular flexibility index (Phi) is 8.69. The molecule has 0 saturated carbocycles. The van der Waals surface area contributed by atoms with Crippen LogP contribution in [0.15, 0.2) is 48.5 Å². The molecule has 10 heteroatoms. The van der Waals surface area contributed by atoms with E-state index in [4.69, 9.17) is 4.74 Å². The van der Waals surface area contributed by atoms with Crippen LogP contribution in [0.5, 0.6) is 5.75 Å². The zero-order valence-corrected chi connectivity index (χ0v) is 20.8. The summed E-state index contributed by atoms with van der Waals surface area (Å²) in [7, 11) is -0.702. The highest BCUT2D eigenvalue weighted by atomic mass is 127. The minimum atomic E-state index is -3.73. The molecule has 2 rings (SSSR count). The normalized spacial score (nSPS) is 12.0. The van der Waals surface area contributed by atoms with Gasteiger partial charge < -0.3 is 15.0 Å². The van der Waals surface area contributed by atoms with Gasteiger partial charge in [-0.2, -0.15) is 0 Å². The number of hydrogen-bond acceptors (Lipinski definition) is 5. The average Bonchev–Trinajstić information content (AvgIpc) is 2.74. The Morgan fingerprint density at radius 1 is 1.16 bits per heavy atom. The number of halogens is 1. The van der Waals surface area contributed by atoms with E-state index in [-0.39, 0.29) is 12.5 Å². The summed E-state index contributed by atoms with van der Waals surface area (Å²) in [6, 6.07) is 13.2. The first kappa shape index (κ1) is 24.9. The zero-order chi connectivity index (χ0) is 23.2.